The van der Waals surface area contributed by atoms with Gasteiger partial charge in [-0.1, -0.05) is 78.9 Å². The van der Waals surface area contributed by atoms with Crippen LogP contribution in [0.15, 0.2) is 116 Å². The van der Waals surface area contributed by atoms with Crippen molar-refractivity contribution >= 4 is 57.2 Å². The fourth-order valence-electron chi connectivity index (χ4n) is 7.78. The van der Waals surface area contributed by atoms with Crippen molar-refractivity contribution < 1.29 is 33.9 Å². The normalized spacial score (nSPS) is 14.0. The van der Waals surface area contributed by atoms with Gasteiger partial charge >= 0.3 is 0 Å². The number of aromatic nitrogens is 2. The summed E-state index contributed by atoms with van der Waals surface area (Å²) in [6.45, 7) is 1.85. The first kappa shape index (κ1) is 48.0. The minimum Gasteiger partial charge on any atom is -0.508 e. The van der Waals surface area contributed by atoms with E-state index in [9.17, 15) is 33.9 Å². The zero-order chi connectivity index (χ0) is 47.2. The number of hydrogen-bond donors (Lipinski definition) is 11. The van der Waals surface area contributed by atoms with E-state index in [-0.39, 0.29) is 37.9 Å². The van der Waals surface area contributed by atoms with Gasteiger partial charge in [-0.3, -0.25) is 28.8 Å². The van der Waals surface area contributed by atoms with Gasteiger partial charge in [0.25, 0.3) is 0 Å². The Hall–Kier alpha value is -7.50. The second-order valence-electron chi connectivity index (χ2n) is 16.5. The molecule has 0 saturated heterocycles. The molecule has 0 saturated carbocycles. The fraction of sp³-hybridized carbons (Fsp3) is 0.306. The van der Waals surface area contributed by atoms with Gasteiger partial charge in [-0.15, -0.1) is 0 Å². The lowest BCUT2D eigenvalue weighted by Gasteiger charge is -2.26. The van der Waals surface area contributed by atoms with Crippen molar-refractivity contribution in [3.05, 3.63) is 138 Å². The summed E-state index contributed by atoms with van der Waals surface area (Å²) in [6.07, 6.45) is 5.11. The third-order valence-corrected chi connectivity index (χ3v) is 11.5. The number of nitrogens with one attached hydrogen (secondary N) is 7. The number of H-pyrrole nitrogens is 2. The Morgan fingerprint density at radius 1 is 0.545 bits per heavy atom. The van der Waals surface area contributed by atoms with E-state index in [2.05, 4.69) is 36.6 Å². The van der Waals surface area contributed by atoms with Crippen molar-refractivity contribution in [3.63, 3.8) is 0 Å². The minimum atomic E-state index is -1.27. The van der Waals surface area contributed by atoms with Crippen LogP contribution in [0.25, 0.3) is 21.8 Å². The lowest BCUT2D eigenvalue weighted by molar-refractivity contribution is -0.134. The zero-order valence-electron chi connectivity index (χ0n) is 36.7. The molecule has 14 N–H and O–H groups in total. The van der Waals surface area contributed by atoms with Crippen LogP contribution in [0.3, 0.4) is 0 Å². The average Bonchev–Trinajstić information content (AvgIpc) is 3.92. The molecule has 0 unspecified atom stereocenters. The van der Waals surface area contributed by atoms with Crippen LogP contribution in [-0.2, 0) is 54.5 Å². The molecule has 17 nitrogen and oxygen atoms in total. The van der Waals surface area contributed by atoms with Crippen molar-refractivity contribution in [1.29, 1.82) is 0 Å². The third-order valence-electron chi connectivity index (χ3n) is 11.5. The van der Waals surface area contributed by atoms with Gasteiger partial charge < -0.3 is 58.9 Å². The molecule has 2 aromatic heterocycles. The van der Waals surface area contributed by atoms with Gasteiger partial charge in [0.15, 0.2) is 0 Å². The van der Waals surface area contributed by atoms with Gasteiger partial charge in [0, 0.05) is 53.5 Å². The number of nitrogens with two attached hydrogens (primary N) is 3. The first-order valence-corrected chi connectivity index (χ1v) is 22.0. The average molecular weight is 899 g/mol. The number of phenolic OH excluding ortho intramolecular Hbond substituents is 1. The van der Waals surface area contributed by atoms with Gasteiger partial charge in [-0.05, 0) is 85.7 Å². The number of benzene rings is 4. The fourth-order valence-corrected chi connectivity index (χ4v) is 7.78. The van der Waals surface area contributed by atoms with E-state index in [0.717, 1.165) is 32.9 Å². The Balaban J connectivity index is 1.22. The first-order valence-electron chi connectivity index (χ1n) is 22.0. The Labute approximate surface area is 382 Å². The summed E-state index contributed by atoms with van der Waals surface area (Å²) < 4.78 is 0. The number of primary amides is 1. The highest BCUT2D eigenvalue weighted by molar-refractivity contribution is 5.97. The maximum absolute atomic E-state index is 14.5. The van der Waals surface area contributed by atoms with Gasteiger partial charge in [-0.2, -0.15) is 0 Å². The molecule has 2 heterocycles. The number of rotatable bonds is 23. The third kappa shape index (κ3) is 13.0. The van der Waals surface area contributed by atoms with E-state index in [1.165, 1.54) is 19.1 Å². The van der Waals surface area contributed by atoms with Crippen molar-refractivity contribution in [1.82, 2.24) is 36.6 Å². The van der Waals surface area contributed by atoms with Gasteiger partial charge in [-0.25, -0.2) is 0 Å². The summed E-state index contributed by atoms with van der Waals surface area (Å²) in [7, 11) is 0. The number of hydrogen-bond acceptors (Lipinski definition) is 9. The molecule has 17 heteroatoms. The van der Waals surface area contributed by atoms with Crippen LogP contribution >= 0.6 is 0 Å². The predicted octanol–water partition coefficient (Wildman–Crippen LogP) is 2.01. The molecule has 0 aliphatic carbocycles. The molecule has 4 aromatic carbocycles. The molecule has 6 aromatic rings. The number of unbranched alkanes of at least 4 members (excludes halogenated alkanes) is 1. The van der Waals surface area contributed by atoms with Crippen LogP contribution in [0.2, 0.25) is 0 Å². The standard InChI is InChI=1S/C49H58N10O7/c1-29(55-47(64)42(25-32-27-53-38-15-7-5-13-35(32)38)58-46(63)37(51)23-31-18-20-34(60)21-19-31)45(62)57-43(26-33-28-54-39-16-8-6-14-36(33)39)49(66)59-41(24-30-11-3-2-4-12-30)48(65)56-40(44(52)61)17-9-10-22-50/h2-8,11-16,18-21,27-29,37,40-43,53-54,60H,9-10,17,22-26,50-51H2,1H3,(H2,52,61)(H,55,64)(H,56,65)(H,57,62)(H,58,63)(H,59,66)/t29-,37-,40-,41+,42+,43-/m0/s1. The molecule has 346 valence electrons. The van der Waals surface area contributed by atoms with Crippen LogP contribution < -0.4 is 43.8 Å². The summed E-state index contributed by atoms with van der Waals surface area (Å²) in [5, 5.41) is 25.2. The van der Waals surface area contributed by atoms with Gasteiger partial charge in [0.1, 0.15) is 36.0 Å². The number of amides is 6. The van der Waals surface area contributed by atoms with Crippen molar-refractivity contribution in [2.24, 2.45) is 17.2 Å². The number of carbonyl (C=O) groups excluding carboxylic acids is 6. The quantitative estimate of drug-likeness (QED) is 0.0419. The molecule has 6 amide bonds. The van der Waals surface area contributed by atoms with E-state index < -0.39 is 71.7 Å². The molecule has 0 aliphatic heterocycles. The van der Waals surface area contributed by atoms with Crippen LogP contribution in [-0.4, -0.2) is 93.3 Å². The van der Waals surface area contributed by atoms with E-state index >= 15 is 0 Å². The van der Waals surface area contributed by atoms with E-state index in [1.54, 1.807) is 48.8 Å². The summed E-state index contributed by atoms with van der Waals surface area (Å²) in [4.78, 5) is 89.0. The molecule has 6 atom stereocenters. The van der Waals surface area contributed by atoms with Crippen molar-refractivity contribution in [3.8, 4) is 5.75 Å². The Morgan fingerprint density at radius 2 is 1.02 bits per heavy atom. The summed E-state index contributed by atoms with van der Waals surface area (Å²) >= 11 is 0. The molecule has 0 bridgehead atoms. The smallest absolute Gasteiger partial charge is 0.243 e. The number of para-hydroxylation sites is 2. The Bertz CT molecular complexity index is 2610. The Kier molecular flexibility index (Phi) is 16.7. The second kappa shape index (κ2) is 22.9. The predicted molar refractivity (Wildman–Crippen MR) is 251 cm³/mol. The number of aromatic hydroxyl groups is 1. The summed E-state index contributed by atoms with van der Waals surface area (Å²) in [5.74, 6) is -4.02. The largest absolute Gasteiger partial charge is 0.508 e. The van der Waals surface area contributed by atoms with E-state index in [0.29, 0.717) is 30.5 Å². The topological polar surface area (TPSA) is 292 Å². The second-order valence-corrected chi connectivity index (χ2v) is 16.5. The highest BCUT2D eigenvalue weighted by atomic mass is 16.3. The van der Waals surface area contributed by atoms with Crippen LogP contribution in [0.4, 0.5) is 0 Å². The van der Waals surface area contributed by atoms with E-state index in [4.69, 9.17) is 17.2 Å². The SMILES string of the molecule is C[C@H](NC(=O)[C@@H](Cc1c[nH]c2ccccc12)NC(=O)[C@@H](N)Cc1ccc(O)cc1)C(=O)N[C@@H](Cc1c[nH]c2ccccc12)C(=O)N[C@H](Cc1ccccc1)C(=O)N[C@@H](CCCCN)C(N)=O. The van der Waals surface area contributed by atoms with Crippen LogP contribution in [0.1, 0.15) is 48.4 Å². The molecular formula is C49H58N10O7. The van der Waals surface area contributed by atoms with Gasteiger partial charge in [0.05, 0.1) is 6.04 Å². The maximum Gasteiger partial charge on any atom is 0.243 e. The van der Waals surface area contributed by atoms with Crippen LogP contribution in [0.5, 0.6) is 5.75 Å². The maximum atomic E-state index is 14.5. The van der Waals surface area contributed by atoms with E-state index in [1.807, 2.05) is 54.6 Å². The zero-order valence-corrected chi connectivity index (χ0v) is 36.7. The number of aromatic amines is 2. The number of phenols is 1. The molecule has 66 heavy (non-hydrogen) atoms. The first-order chi connectivity index (χ1) is 31.8. The molecule has 0 fully saturated rings. The highest BCUT2D eigenvalue weighted by Gasteiger charge is 2.33. The molecule has 0 spiro atoms. The Morgan fingerprint density at radius 3 is 1.58 bits per heavy atom. The molecule has 0 radical (unpaired) electrons. The van der Waals surface area contributed by atoms with Crippen molar-refractivity contribution in [2.75, 3.05) is 6.54 Å². The molecule has 0 aliphatic rings. The molecule has 6 rings (SSSR count). The lowest BCUT2D eigenvalue weighted by atomic mass is 10.0. The summed E-state index contributed by atoms with van der Waals surface area (Å²) in [6, 6.07) is 23.3. The number of carbonyl (C=O) groups is 6. The summed E-state index contributed by atoms with van der Waals surface area (Å²) in [5.41, 5.74) is 22.1. The number of fused-ring (bicyclic) bond motifs is 2. The minimum absolute atomic E-state index is 0.0108. The molecular weight excluding hydrogens is 841 g/mol. The lowest BCUT2D eigenvalue weighted by Crippen LogP contribution is -2.59. The highest BCUT2D eigenvalue weighted by Crippen LogP contribution is 2.21. The van der Waals surface area contributed by atoms with Gasteiger partial charge in [0.2, 0.25) is 35.4 Å². The monoisotopic (exact) mass is 898 g/mol. The van der Waals surface area contributed by atoms with Crippen LogP contribution in [0, 0.1) is 0 Å². The van der Waals surface area contributed by atoms with Crippen molar-refractivity contribution in [2.45, 2.75) is 88.1 Å².